The predicted octanol–water partition coefficient (Wildman–Crippen LogP) is 1.66. The Hall–Kier alpha value is -2.83. The number of nitrogens with zero attached hydrogens (tertiary/aromatic N) is 2. The number of hydrogen-bond acceptors (Lipinski definition) is 4. The van der Waals surface area contributed by atoms with Crippen molar-refractivity contribution in [3.05, 3.63) is 53.3 Å². The summed E-state index contributed by atoms with van der Waals surface area (Å²) in [5.41, 5.74) is 1.61. The number of ether oxygens (including phenoxy) is 1. The van der Waals surface area contributed by atoms with Crippen LogP contribution in [0.1, 0.15) is 23.9 Å². The van der Waals surface area contributed by atoms with E-state index in [0.717, 1.165) is 17.0 Å². The molecule has 2 rings (SSSR count). The summed E-state index contributed by atoms with van der Waals surface area (Å²) in [6, 6.07) is 10.8. The first-order valence-electron chi connectivity index (χ1n) is 8.02. The number of carbonyl (C=O) groups excluding carboxylic acids is 2. The Labute approximate surface area is 147 Å². The monoisotopic (exact) mass is 344 g/mol. The van der Waals surface area contributed by atoms with Gasteiger partial charge in [-0.15, -0.1) is 0 Å². The van der Waals surface area contributed by atoms with E-state index in [1.807, 2.05) is 50.4 Å². The quantitative estimate of drug-likeness (QED) is 0.781. The molecule has 0 bridgehead atoms. The number of carbonyl (C=O) groups is 2. The van der Waals surface area contributed by atoms with Gasteiger partial charge in [-0.1, -0.05) is 30.3 Å². The van der Waals surface area contributed by atoms with Gasteiger partial charge >= 0.3 is 12.0 Å². The molecule has 0 spiro atoms. The third-order valence-corrected chi connectivity index (χ3v) is 4.18. The highest BCUT2D eigenvalue weighted by Gasteiger charge is 2.36. The van der Waals surface area contributed by atoms with E-state index in [0.29, 0.717) is 6.54 Å². The van der Waals surface area contributed by atoms with Crippen LogP contribution in [-0.2, 0) is 28.5 Å². The van der Waals surface area contributed by atoms with Crippen LogP contribution in [0.3, 0.4) is 0 Å². The Balaban J connectivity index is 1.99. The summed E-state index contributed by atoms with van der Waals surface area (Å²) in [7, 11) is 3.17. The topological polar surface area (TPSA) is 85.2 Å². The average Bonchev–Trinajstić information content (AvgIpc) is 2.95. The number of aromatic nitrogens is 2. The molecule has 0 saturated heterocycles. The smallest absolute Gasteiger partial charge is 0.317 e. The molecular formula is C18H24N4O3. The molecule has 0 aliphatic heterocycles. The molecule has 0 radical (unpaired) electrons. The van der Waals surface area contributed by atoms with E-state index < -0.39 is 11.4 Å². The van der Waals surface area contributed by atoms with Gasteiger partial charge < -0.3 is 15.4 Å². The first kappa shape index (κ1) is 18.5. The number of urea groups is 1. The number of methoxy groups -OCH3 is 1. The maximum Gasteiger partial charge on any atom is 0.317 e. The van der Waals surface area contributed by atoms with Crippen molar-refractivity contribution in [1.29, 1.82) is 0 Å². The highest BCUT2D eigenvalue weighted by molar-refractivity contribution is 5.84. The van der Waals surface area contributed by atoms with Crippen molar-refractivity contribution in [2.45, 2.75) is 25.8 Å². The summed E-state index contributed by atoms with van der Waals surface area (Å²) in [4.78, 5) is 24.4. The molecule has 0 fully saturated rings. The third-order valence-electron chi connectivity index (χ3n) is 4.18. The third kappa shape index (κ3) is 4.37. The van der Waals surface area contributed by atoms with Crippen molar-refractivity contribution in [1.82, 2.24) is 20.4 Å². The van der Waals surface area contributed by atoms with E-state index in [1.54, 1.807) is 11.6 Å². The zero-order valence-electron chi connectivity index (χ0n) is 15.0. The number of nitrogens with one attached hydrogen (secondary N) is 2. The largest absolute Gasteiger partial charge is 0.468 e. The normalized spacial score (nSPS) is 13.0. The Morgan fingerprint density at radius 2 is 1.92 bits per heavy atom. The van der Waals surface area contributed by atoms with Gasteiger partial charge in [-0.05, 0) is 25.5 Å². The molecule has 1 heterocycles. The highest BCUT2D eigenvalue weighted by atomic mass is 16.5. The molecule has 1 aromatic carbocycles. The molecule has 25 heavy (non-hydrogen) atoms. The van der Waals surface area contributed by atoms with Gasteiger partial charge in [0.1, 0.15) is 5.41 Å². The van der Waals surface area contributed by atoms with Crippen LogP contribution in [-0.4, -0.2) is 35.4 Å². The van der Waals surface area contributed by atoms with Crippen molar-refractivity contribution in [2.24, 2.45) is 7.05 Å². The first-order chi connectivity index (χ1) is 11.9. The van der Waals surface area contributed by atoms with Crippen LogP contribution in [0.15, 0.2) is 36.4 Å². The van der Waals surface area contributed by atoms with Gasteiger partial charge in [0.15, 0.2) is 0 Å². The molecule has 0 aliphatic rings. The van der Waals surface area contributed by atoms with Gasteiger partial charge in [0.2, 0.25) is 0 Å². The van der Waals surface area contributed by atoms with Gasteiger partial charge in [-0.2, -0.15) is 5.10 Å². The van der Waals surface area contributed by atoms with Crippen LogP contribution < -0.4 is 10.6 Å². The molecule has 1 unspecified atom stereocenters. The minimum absolute atomic E-state index is 0.125. The van der Waals surface area contributed by atoms with Crippen molar-refractivity contribution < 1.29 is 14.3 Å². The van der Waals surface area contributed by atoms with E-state index >= 15 is 0 Å². The van der Waals surface area contributed by atoms with Gasteiger partial charge in [-0.3, -0.25) is 9.48 Å². The Morgan fingerprint density at radius 3 is 2.48 bits per heavy atom. The lowest BCUT2D eigenvalue weighted by molar-refractivity contribution is -0.146. The van der Waals surface area contributed by atoms with Crippen molar-refractivity contribution in [3.63, 3.8) is 0 Å². The van der Waals surface area contributed by atoms with Gasteiger partial charge in [0.05, 0.1) is 25.0 Å². The molecule has 7 heteroatoms. The molecule has 134 valence electrons. The summed E-state index contributed by atoms with van der Waals surface area (Å²) in [5, 5.41) is 9.76. The van der Waals surface area contributed by atoms with Gasteiger partial charge in [0.25, 0.3) is 0 Å². The average molecular weight is 344 g/mol. The molecule has 0 aliphatic carbocycles. The second-order valence-electron chi connectivity index (χ2n) is 6.13. The van der Waals surface area contributed by atoms with Crippen LogP contribution in [0.2, 0.25) is 0 Å². The zero-order chi connectivity index (χ0) is 18.4. The van der Waals surface area contributed by atoms with E-state index in [4.69, 9.17) is 4.74 Å². The Kier molecular flexibility index (Phi) is 5.80. The molecule has 7 nitrogen and oxygen atoms in total. The van der Waals surface area contributed by atoms with Crippen LogP contribution in [0, 0.1) is 6.92 Å². The number of amides is 2. The number of hydrogen-bond donors (Lipinski definition) is 2. The fraction of sp³-hybridized carbons (Fsp3) is 0.389. The number of rotatable bonds is 6. The SMILES string of the molecule is COC(=O)C(C)(CNC(=O)NCc1cc(C)nn1C)c1ccccc1. The summed E-state index contributed by atoms with van der Waals surface area (Å²) < 4.78 is 6.65. The predicted molar refractivity (Wildman–Crippen MR) is 94.0 cm³/mol. The van der Waals surface area contributed by atoms with Crippen LogP contribution in [0.25, 0.3) is 0 Å². The molecule has 0 saturated carbocycles. The fourth-order valence-electron chi connectivity index (χ4n) is 2.64. The second-order valence-corrected chi connectivity index (χ2v) is 6.13. The van der Waals surface area contributed by atoms with Crippen LogP contribution in [0.5, 0.6) is 0 Å². The number of esters is 1. The molecule has 1 atom stereocenters. The minimum Gasteiger partial charge on any atom is -0.468 e. The summed E-state index contributed by atoms with van der Waals surface area (Å²) in [5.74, 6) is -0.402. The van der Waals surface area contributed by atoms with Crippen LogP contribution in [0.4, 0.5) is 4.79 Å². The van der Waals surface area contributed by atoms with Gasteiger partial charge in [0, 0.05) is 13.6 Å². The van der Waals surface area contributed by atoms with E-state index in [-0.39, 0.29) is 12.6 Å². The van der Waals surface area contributed by atoms with Crippen LogP contribution >= 0.6 is 0 Å². The van der Waals surface area contributed by atoms with Crippen molar-refractivity contribution >= 4 is 12.0 Å². The Bertz CT molecular complexity index is 742. The highest BCUT2D eigenvalue weighted by Crippen LogP contribution is 2.24. The standard InChI is InChI=1S/C18H24N4O3/c1-13-10-15(22(3)21-13)11-19-17(24)20-12-18(2,16(23)25-4)14-8-6-5-7-9-14/h5-10H,11-12H2,1-4H3,(H2,19,20,24). The lowest BCUT2D eigenvalue weighted by atomic mass is 9.82. The molecule has 2 aromatic rings. The molecule has 2 amide bonds. The van der Waals surface area contributed by atoms with Crippen molar-refractivity contribution in [3.8, 4) is 0 Å². The lowest BCUT2D eigenvalue weighted by Gasteiger charge is -2.27. The zero-order valence-corrected chi connectivity index (χ0v) is 15.0. The lowest BCUT2D eigenvalue weighted by Crippen LogP contribution is -2.47. The fourth-order valence-corrected chi connectivity index (χ4v) is 2.64. The maximum absolute atomic E-state index is 12.3. The summed E-state index contributed by atoms with van der Waals surface area (Å²) in [6.07, 6.45) is 0. The first-order valence-corrected chi connectivity index (χ1v) is 8.02. The minimum atomic E-state index is -0.962. The molecule has 2 N–H and O–H groups in total. The molecular weight excluding hydrogens is 320 g/mol. The van der Waals surface area contributed by atoms with Crippen molar-refractivity contribution in [2.75, 3.05) is 13.7 Å². The van der Waals surface area contributed by atoms with E-state index in [9.17, 15) is 9.59 Å². The second kappa shape index (κ2) is 7.83. The van der Waals surface area contributed by atoms with Gasteiger partial charge in [-0.25, -0.2) is 4.79 Å². The van der Waals surface area contributed by atoms with E-state index in [1.165, 1.54) is 7.11 Å². The molecule has 1 aromatic heterocycles. The van der Waals surface area contributed by atoms with E-state index in [2.05, 4.69) is 15.7 Å². The summed E-state index contributed by atoms with van der Waals surface area (Å²) >= 11 is 0. The number of aryl methyl sites for hydroxylation is 2. The Morgan fingerprint density at radius 1 is 1.24 bits per heavy atom. The maximum atomic E-state index is 12.3. The number of benzene rings is 1. The summed E-state index contributed by atoms with van der Waals surface area (Å²) in [6.45, 7) is 4.12.